The van der Waals surface area contributed by atoms with Crippen LogP contribution in [0.4, 0.5) is 5.95 Å². The molecule has 0 aliphatic carbocycles. The number of ether oxygens (including phenoxy) is 2. The zero-order valence-electron chi connectivity index (χ0n) is 14.6. The van der Waals surface area contributed by atoms with Crippen LogP contribution in [0.3, 0.4) is 0 Å². The monoisotopic (exact) mass is 310 g/mol. The van der Waals surface area contributed by atoms with Gasteiger partial charge in [-0.05, 0) is 17.8 Å². The first kappa shape index (κ1) is 17.2. The van der Waals surface area contributed by atoms with Crippen LogP contribution in [0.15, 0.2) is 0 Å². The minimum absolute atomic E-state index is 0.0976. The van der Waals surface area contributed by atoms with Crippen molar-refractivity contribution in [3.63, 3.8) is 0 Å². The number of nitrogens with zero attached hydrogens (tertiary/aromatic N) is 2. The third-order valence-corrected chi connectivity index (χ3v) is 4.31. The molecule has 0 aromatic carbocycles. The summed E-state index contributed by atoms with van der Waals surface area (Å²) in [6.07, 6.45) is 1.32. The van der Waals surface area contributed by atoms with Crippen molar-refractivity contribution in [3.8, 4) is 0 Å². The highest BCUT2D eigenvalue weighted by molar-refractivity contribution is 5.24. The first-order valence-electron chi connectivity index (χ1n) is 8.13. The number of hydrogen-bond acceptors (Lipinski definition) is 5. The van der Waals surface area contributed by atoms with Crippen LogP contribution in [0.2, 0.25) is 0 Å². The van der Waals surface area contributed by atoms with E-state index in [0.29, 0.717) is 18.4 Å². The van der Waals surface area contributed by atoms with Gasteiger partial charge in [0, 0.05) is 26.2 Å². The van der Waals surface area contributed by atoms with Gasteiger partial charge in [-0.3, -0.25) is 5.10 Å². The van der Waals surface area contributed by atoms with Crippen LogP contribution in [-0.4, -0.2) is 47.7 Å². The lowest BCUT2D eigenvalue weighted by molar-refractivity contribution is 0.0197. The predicted octanol–water partition coefficient (Wildman–Crippen LogP) is 2.81. The van der Waals surface area contributed by atoms with Gasteiger partial charge in [0.2, 0.25) is 5.95 Å². The van der Waals surface area contributed by atoms with Crippen LogP contribution in [-0.2, 0) is 9.47 Å². The summed E-state index contributed by atoms with van der Waals surface area (Å²) < 4.78 is 11.4. The third kappa shape index (κ3) is 3.98. The first-order valence-corrected chi connectivity index (χ1v) is 8.13. The van der Waals surface area contributed by atoms with Crippen LogP contribution in [0.1, 0.15) is 52.8 Å². The van der Waals surface area contributed by atoms with E-state index < -0.39 is 0 Å². The van der Waals surface area contributed by atoms with Gasteiger partial charge < -0.3 is 14.8 Å². The van der Waals surface area contributed by atoms with Crippen LogP contribution in [0.5, 0.6) is 0 Å². The fraction of sp³-hybridized carbons (Fsp3) is 0.875. The zero-order valence-corrected chi connectivity index (χ0v) is 14.6. The van der Waals surface area contributed by atoms with Crippen molar-refractivity contribution in [2.24, 2.45) is 11.3 Å². The molecule has 1 fully saturated rings. The topological polar surface area (TPSA) is 72.1 Å². The fourth-order valence-electron chi connectivity index (χ4n) is 3.03. The number of methoxy groups -OCH3 is 1. The molecule has 1 aliphatic heterocycles. The Morgan fingerprint density at radius 2 is 2.14 bits per heavy atom. The maximum Gasteiger partial charge on any atom is 0.242 e. The number of H-pyrrole nitrogens is 1. The second-order valence-corrected chi connectivity index (χ2v) is 7.50. The maximum absolute atomic E-state index is 5.91. The third-order valence-electron chi connectivity index (χ3n) is 4.31. The molecule has 22 heavy (non-hydrogen) atoms. The van der Waals surface area contributed by atoms with E-state index >= 15 is 0 Å². The van der Waals surface area contributed by atoms with Crippen molar-refractivity contribution in [2.75, 3.05) is 25.6 Å². The average Bonchev–Trinajstić information content (AvgIpc) is 3.06. The minimum Gasteiger partial charge on any atom is -0.379 e. The quantitative estimate of drug-likeness (QED) is 0.845. The molecule has 1 aromatic heterocycles. The molecule has 2 heterocycles. The molecule has 1 saturated heterocycles. The van der Waals surface area contributed by atoms with E-state index in [9.17, 15) is 0 Å². The maximum atomic E-state index is 5.91. The second-order valence-electron chi connectivity index (χ2n) is 7.50. The summed E-state index contributed by atoms with van der Waals surface area (Å²) in [5.41, 5.74) is 0.0976. The van der Waals surface area contributed by atoms with Crippen LogP contribution in [0.25, 0.3) is 0 Å². The number of hydrogen-bond donors (Lipinski definition) is 2. The van der Waals surface area contributed by atoms with Crippen molar-refractivity contribution in [3.05, 3.63) is 5.82 Å². The molecule has 1 unspecified atom stereocenters. The number of nitrogens with one attached hydrogen (secondary N) is 2. The Morgan fingerprint density at radius 3 is 2.73 bits per heavy atom. The van der Waals surface area contributed by atoms with Gasteiger partial charge >= 0.3 is 0 Å². The average molecular weight is 310 g/mol. The number of aromatic nitrogens is 3. The molecule has 0 amide bonds. The molecule has 2 rings (SSSR count). The van der Waals surface area contributed by atoms with Gasteiger partial charge in [0.15, 0.2) is 0 Å². The summed E-state index contributed by atoms with van der Waals surface area (Å²) >= 11 is 0. The largest absolute Gasteiger partial charge is 0.379 e. The van der Waals surface area contributed by atoms with E-state index in [1.807, 2.05) is 0 Å². The van der Waals surface area contributed by atoms with E-state index in [0.717, 1.165) is 18.9 Å². The molecule has 1 aromatic rings. The molecule has 126 valence electrons. The van der Waals surface area contributed by atoms with E-state index in [1.54, 1.807) is 7.11 Å². The highest BCUT2D eigenvalue weighted by Crippen LogP contribution is 2.39. The van der Waals surface area contributed by atoms with Gasteiger partial charge in [-0.1, -0.05) is 34.6 Å². The molecule has 3 atom stereocenters. The smallest absolute Gasteiger partial charge is 0.242 e. The molecule has 0 saturated carbocycles. The molecule has 6 heteroatoms. The van der Waals surface area contributed by atoms with Gasteiger partial charge in [0.25, 0.3) is 0 Å². The summed E-state index contributed by atoms with van der Waals surface area (Å²) in [5.74, 6) is 2.28. The van der Waals surface area contributed by atoms with E-state index in [-0.39, 0.29) is 23.5 Å². The molecular formula is C16H30N4O2. The number of anilines is 1. The molecule has 0 radical (unpaired) electrons. The van der Waals surface area contributed by atoms with Crippen LogP contribution < -0.4 is 5.32 Å². The first-order chi connectivity index (χ1) is 10.3. The Kier molecular flexibility index (Phi) is 5.45. The Hall–Kier alpha value is -1.14. The number of rotatable bonds is 6. The lowest BCUT2D eigenvalue weighted by Gasteiger charge is -2.29. The summed E-state index contributed by atoms with van der Waals surface area (Å²) in [5, 5.41) is 10.6. The molecule has 0 bridgehead atoms. The van der Waals surface area contributed by atoms with Gasteiger partial charge in [-0.2, -0.15) is 4.98 Å². The highest BCUT2D eigenvalue weighted by atomic mass is 16.5. The molecule has 6 nitrogen and oxygen atoms in total. The molecule has 1 aliphatic rings. The van der Waals surface area contributed by atoms with Crippen molar-refractivity contribution in [1.29, 1.82) is 0 Å². The standard InChI is InChI=1S/C16H30N4O2/c1-10(2)12(21-6)9-17-15-18-14(19-20-15)11-7-8-22-13(11)16(3,4)5/h10-13H,7-9H2,1-6H3,(H2,17,18,19,20)/t11-,12?,13-/m1/s1. The van der Waals surface area contributed by atoms with Gasteiger partial charge in [-0.15, -0.1) is 5.10 Å². The lowest BCUT2D eigenvalue weighted by Crippen LogP contribution is -2.30. The Labute approximate surface area is 133 Å². The van der Waals surface area contributed by atoms with Crippen LogP contribution in [0, 0.1) is 11.3 Å². The molecular weight excluding hydrogens is 280 g/mol. The van der Waals surface area contributed by atoms with Crippen molar-refractivity contribution in [1.82, 2.24) is 15.2 Å². The van der Waals surface area contributed by atoms with Crippen molar-refractivity contribution < 1.29 is 9.47 Å². The normalized spacial score (nSPS) is 24.0. The Morgan fingerprint density at radius 1 is 1.41 bits per heavy atom. The molecule has 2 N–H and O–H groups in total. The highest BCUT2D eigenvalue weighted by Gasteiger charge is 2.39. The summed E-state index contributed by atoms with van der Waals surface area (Å²) in [7, 11) is 1.74. The van der Waals surface area contributed by atoms with E-state index in [2.05, 4.69) is 55.1 Å². The van der Waals surface area contributed by atoms with E-state index in [4.69, 9.17) is 9.47 Å². The fourth-order valence-corrected chi connectivity index (χ4v) is 3.03. The van der Waals surface area contributed by atoms with Gasteiger partial charge in [0.1, 0.15) is 5.82 Å². The summed E-state index contributed by atoms with van der Waals surface area (Å²) in [6.45, 7) is 12.4. The van der Waals surface area contributed by atoms with Crippen molar-refractivity contribution in [2.45, 2.75) is 59.2 Å². The number of aromatic amines is 1. The SMILES string of the molecule is COC(CNc1n[nH]c([C@@H]2CCO[C@H]2C(C)(C)C)n1)C(C)C. The Balaban J connectivity index is 1.99. The minimum atomic E-state index is 0.0976. The van der Waals surface area contributed by atoms with Gasteiger partial charge in [0.05, 0.1) is 12.2 Å². The second kappa shape index (κ2) is 6.96. The zero-order chi connectivity index (χ0) is 16.3. The summed E-state index contributed by atoms with van der Waals surface area (Å²) in [4.78, 5) is 4.61. The van der Waals surface area contributed by atoms with Crippen molar-refractivity contribution >= 4 is 5.95 Å². The van der Waals surface area contributed by atoms with Gasteiger partial charge in [-0.25, -0.2) is 0 Å². The van der Waals surface area contributed by atoms with E-state index in [1.165, 1.54) is 0 Å². The molecule has 0 spiro atoms. The lowest BCUT2D eigenvalue weighted by atomic mass is 9.81. The predicted molar refractivity (Wildman–Crippen MR) is 87.1 cm³/mol. The Bertz CT molecular complexity index is 467. The summed E-state index contributed by atoms with van der Waals surface area (Å²) in [6, 6.07) is 0. The van der Waals surface area contributed by atoms with Crippen LogP contribution >= 0.6 is 0 Å².